The number of fused-ring (bicyclic) bond motifs is 2. The first-order chi connectivity index (χ1) is 19.5. The molecule has 14 heteroatoms. The number of nitrogens with zero attached hydrogens (tertiary/aromatic N) is 4. The van der Waals surface area contributed by atoms with Crippen molar-refractivity contribution in [3.8, 4) is 10.6 Å². The second-order valence-corrected chi connectivity index (χ2v) is 11.1. The van der Waals surface area contributed by atoms with E-state index in [1.165, 1.54) is 23.7 Å². The van der Waals surface area contributed by atoms with E-state index in [0.717, 1.165) is 25.7 Å². The Morgan fingerprint density at radius 3 is 2.83 bits per heavy atom. The number of carbonyl (C=O) groups excluding carboxylic acids is 1. The maximum atomic E-state index is 12.8. The van der Waals surface area contributed by atoms with Crippen LogP contribution < -0.4 is 32.0 Å². The van der Waals surface area contributed by atoms with Crippen LogP contribution in [0.1, 0.15) is 41.7 Å². The zero-order valence-corrected chi connectivity index (χ0v) is 22.4. The molecule has 13 nitrogen and oxygen atoms in total. The van der Waals surface area contributed by atoms with Crippen LogP contribution in [0.2, 0.25) is 0 Å². The van der Waals surface area contributed by atoms with Gasteiger partial charge < -0.3 is 40.2 Å². The topological polar surface area (TPSA) is 174 Å². The molecule has 5 N–H and O–H groups in total. The summed E-state index contributed by atoms with van der Waals surface area (Å²) in [5.74, 6) is 1.06. The van der Waals surface area contributed by atoms with Gasteiger partial charge in [0.1, 0.15) is 27.7 Å². The summed E-state index contributed by atoms with van der Waals surface area (Å²) in [7, 11) is 0. The van der Waals surface area contributed by atoms with E-state index >= 15 is 0 Å². The summed E-state index contributed by atoms with van der Waals surface area (Å²) >= 11 is 1.33. The molecule has 2 fully saturated rings. The van der Waals surface area contributed by atoms with Crippen LogP contribution >= 0.6 is 11.3 Å². The van der Waals surface area contributed by atoms with Gasteiger partial charge in [0.05, 0.1) is 43.3 Å². The average molecular weight is 565 g/mol. The lowest BCUT2D eigenvalue weighted by Gasteiger charge is -2.29. The van der Waals surface area contributed by atoms with E-state index in [9.17, 15) is 9.59 Å². The van der Waals surface area contributed by atoms with Crippen molar-refractivity contribution in [2.45, 2.75) is 44.3 Å². The van der Waals surface area contributed by atoms with Crippen molar-refractivity contribution in [3.05, 3.63) is 40.0 Å². The molecule has 1 amide bonds. The molecule has 2 aliphatic heterocycles. The molecule has 3 aliphatic rings. The van der Waals surface area contributed by atoms with E-state index in [1.54, 1.807) is 6.20 Å². The summed E-state index contributed by atoms with van der Waals surface area (Å²) in [6, 6.07) is 1.55. The number of ether oxygens (including phenoxy) is 1. The van der Waals surface area contributed by atoms with Crippen molar-refractivity contribution in [2.75, 3.05) is 41.8 Å². The molecular weight excluding hydrogens is 536 g/mol. The molecule has 0 bridgehead atoms. The zero-order chi connectivity index (χ0) is 27.2. The van der Waals surface area contributed by atoms with Crippen LogP contribution in [0.3, 0.4) is 0 Å². The van der Waals surface area contributed by atoms with Gasteiger partial charge >= 0.3 is 0 Å². The Bertz CT molecular complexity index is 1640. The number of rotatable bonds is 6. The molecule has 0 spiro atoms. The van der Waals surface area contributed by atoms with Crippen LogP contribution in [0.4, 0.5) is 22.7 Å². The third-order valence-corrected chi connectivity index (χ3v) is 8.44. The molecule has 6 heterocycles. The van der Waals surface area contributed by atoms with Crippen molar-refractivity contribution in [1.82, 2.24) is 20.3 Å². The highest BCUT2D eigenvalue weighted by molar-refractivity contribution is 7.19. The van der Waals surface area contributed by atoms with E-state index in [2.05, 4.69) is 30.9 Å². The summed E-state index contributed by atoms with van der Waals surface area (Å²) in [5, 5.41) is 10.7. The average Bonchev–Trinajstić information content (AvgIpc) is 3.69. The first-order valence-electron chi connectivity index (χ1n) is 13.4. The summed E-state index contributed by atoms with van der Waals surface area (Å²) in [6.45, 7) is 2.73. The highest BCUT2D eigenvalue weighted by Gasteiger charge is 2.29. The molecule has 1 saturated heterocycles. The number of amides is 1. The molecule has 0 unspecified atom stereocenters. The van der Waals surface area contributed by atoms with Crippen molar-refractivity contribution in [1.29, 1.82) is 0 Å². The fourth-order valence-corrected chi connectivity index (χ4v) is 6.19. The third-order valence-electron chi connectivity index (χ3n) is 7.49. The van der Waals surface area contributed by atoms with Gasteiger partial charge in [-0.3, -0.25) is 9.59 Å². The Hall–Kier alpha value is -4.01. The highest BCUT2D eigenvalue weighted by Crippen LogP contribution is 2.37. The van der Waals surface area contributed by atoms with E-state index in [4.69, 9.17) is 19.3 Å². The van der Waals surface area contributed by atoms with Gasteiger partial charge in [-0.05, 0) is 12.8 Å². The smallest absolute Gasteiger partial charge is 0.257 e. The quantitative estimate of drug-likeness (QED) is 0.270. The number of morpholine rings is 1. The number of furan rings is 1. The molecular formula is C26H28N8O5S. The van der Waals surface area contributed by atoms with Crippen LogP contribution in [0, 0.1) is 0 Å². The molecule has 1 saturated carbocycles. The van der Waals surface area contributed by atoms with Gasteiger partial charge in [-0.15, -0.1) is 0 Å². The maximum Gasteiger partial charge on any atom is 0.257 e. The summed E-state index contributed by atoms with van der Waals surface area (Å²) < 4.78 is 17.1. The largest absolute Gasteiger partial charge is 0.456 e. The van der Waals surface area contributed by atoms with E-state index in [1.807, 2.05) is 4.90 Å². The zero-order valence-electron chi connectivity index (χ0n) is 21.6. The Labute approximate surface area is 232 Å². The van der Waals surface area contributed by atoms with Gasteiger partial charge in [0.2, 0.25) is 17.0 Å². The number of hydrogen-bond acceptors (Lipinski definition) is 13. The van der Waals surface area contributed by atoms with Gasteiger partial charge in [0.25, 0.3) is 5.91 Å². The molecule has 7 rings (SSSR count). The van der Waals surface area contributed by atoms with Crippen molar-refractivity contribution < 1.29 is 18.4 Å². The van der Waals surface area contributed by atoms with Crippen molar-refractivity contribution >= 4 is 51.1 Å². The third kappa shape index (κ3) is 4.57. The van der Waals surface area contributed by atoms with Crippen LogP contribution in [0.25, 0.3) is 21.7 Å². The first-order valence-corrected chi connectivity index (χ1v) is 14.2. The molecule has 1 aliphatic carbocycles. The lowest BCUT2D eigenvalue weighted by molar-refractivity contribution is 0.0966. The number of nitrogens with one attached hydrogen (secondary N) is 3. The van der Waals surface area contributed by atoms with Gasteiger partial charge in [-0.2, -0.15) is 4.98 Å². The molecule has 208 valence electrons. The number of thiazole rings is 1. The second-order valence-electron chi connectivity index (χ2n) is 10.1. The van der Waals surface area contributed by atoms with Gasteiger partial charge in [0, 0.05) is 25.2 Å². The number of anilines is 4. The SMILES string of the molecule is N[C@@H]1CCCC[C@@H]1Nc1nc2c(c(Nc3cnc(-c4coc5c(=O)cc(N6CCOCC6)oc45)s3)n1)C(=O)NC2. The summed E-state index contributed by atoms with van der Waals surface area (Å²) in [6.07, 6.45) is 7.24. The maximum absolute atomic E-state index is 12.8. The van der Waals surface area contributed by atoms with Gasteiger partial charge in [-0.25, -0.2) is 9.97 Å². The molecule has 2 atom stereocenters. The van der Waals surface area contributed by atoms with Crippen LogP contribution in [0.15, 0.2) is 32.2 Å². The summed E-state index contributed by atoms with van der Waals surface area (Å²) in [5.41, 5.74) is 8.14. The molecule has 0 aromatic carbocycles. The van der Waals surface area contributed by atoms with E-state index in [-0.39, 0.29) is 29.0 Å². The standard InChI is InChI=1S/C26H28N8O5S/c27-14-3-1-2-4-15(14)30-26-31-16-10-28-24(36)20(16)23(33-26)32-18-11-29-25(40-18)13-12-38-22-17(35)9-19(39-21(13)22)34-5-7-37-8-6-34/h9,11-12,14-15H,1-8,10,27H2,(H,28,36)(H2,30,31,32,33)/t14-,15+/m1/s1. The van der Waals surface area contributed by atoms with Gasteiger partial charge in [-0.1, -0.05) is 24.2 Å². The molecule has 0 radical (unpaired) electrons. The predicted molar refractivity (Wildman–Crippen MR) is 149 cm³/mol. The number of aromatic nitrogens is 3. The van der Waals surface area contributed by atoms with E-state index in [0.29, 0.717) is 82.9 Å². The minimum Gasteiger partial charge on any atom is -0.456 e. The number of nitrogens with two attached hydrogens (primary N) is 1. The van der Waals surface area contributed by atoms with E-state index < -0.39 is 0 Å². The molecule has 4 aromatic heterocycles. The Morgan fingerprint density at radius 2 is 1.98 bits per heavy atom. The molecule has 4 aromatic rings. The normalized spacial score (nSPS) is 20.9. The first kappa shape index (κ1) is 25.0. The molecule has 40 heavy (non-hydrogen) atoms. The number of hydrogen-bond donors (Lipinski definition) is 4. The Kier molecular flexibility index (Phi) is 6.37. The lowest BCUT2D eigenvalue weighted by atomic mass is 9.91. The van der Waals surface area contributed by atoms with Gasteiger partial charge in [0.15, 0.2) is 11.5 Å². The lowest BCUT2D eigenvalue weighted by Crippen LogP contribution is -2.43. The second kappa shape index (κ2) is 10.2. The van der Waals surface area contributed by atoms with Crippen molar-refractivity contribution in [2.24, 2.45) is 5.73 Å². The predicted octanol–water partition coefficient (Wildman–Crippen LogP) is 2.80. The summed E-state index contributed by atoms with van der Waals surface area (Å²) in [4.78, 5) is 41.1. The van der Waals surface area contributed by atoms with Crippen LogP contribution in [0.5, 0.6) is 0 Å². The van der Waals surface area contributed by atoms with Crippen LogP contribution in [-0.2, 0) is 11.3 Å². The van der Waals surface area contributed by atoms with Crippen LogP contribution in [-0.4, -0.2) is 59.2 Å². The fourth-order valence-electron chi connectivity index (χ4n) is 5.38. The fraction of sp³-hybridized carbons (Fsp3) is 0.423. The highest BCUT2D eigenvalue weighted by atomic mass is 32.1. The number of carbonyl (C=O) groups is 1. The minimum absolute atomic E-state index is 0.0272. The Balaban J connectivity index is 1.19. The monoisotopic (exact) mass is 564 g/mol. The minimum atomic E-state index is -0.260. The Morgan fingerprint density at radius 1 is 1.12 bits per heavy atom. The van der Waals surface area contributed by atoms with Crippen molar-refractivity contribution in [3.63, 3.8) is 0 Å².